The molecular weight excluding hydrogens is 240 g/mol. The van der Waals surface area contributed by atoms with Gasteiger partial charge in [-0.15, -0.1) is 10.2 Å². The third-order valence-corrected chi connectivity index (χ3v) is 3.08. The summed E-state index contributed by atoms with van der Waals surface area (Å²) in [7, 11) is 0. The fourth-order valence-corrected chi connectivity index (χ4v) is 1.72. The highest BCUT2D eigenvalue weighted by Crippen LogP contribution is 2.23. The van der Waals surface area contributed by atoms with Crippen molar-refractivity contribution in [3.8, 4) is 0 Å². The first-order valence-electron chi connectivity index (χ1n) is 5.56. The van der Waals surface area contributed by atoms with E-state index < -0.39 is 11.9 Å². The molecule has 1 saturated heterocycles. The smallest absolute Gasteiger partial charge is 0.317 e. The number of H-pyrrole nitrogens is 1. The fraction of sp³-hybridized carbons (Fsp3) is 0.667. The summed E-state index contributed by atoms with van der Waals surface area (Å²) in [6, 6.07) is -0.242. The first kappa shape index (κ1) is 12.3. The van der Waals surface area contributed by atoms with E-state index in [0.29, 0.717) is 18.9 Å². The molecule has 0 aliphatic carbocycles. The normalized spacial score (nSPS) is 17.1. The van der Waals surface area contributed by atoms with E-state index in [0.717, 1.165) is 0 Å². The van der Waals surface area contributed by atoms with Gasteiger partial charge in [-0.2, -0.15) is 5.21 Å². The van der Waals surface area contributed by atoms with Crippen molar-refractivity contribution in [1.82, 2.24) is 30.8 Å². The van der Waals surface area contributed by atoms with Crippen LogP contribution < -0.4 is 5.32 Å². The molecule has 2 rings (SSSR count). The number of aromatic amines is 1. The zero-order chi connectivity index (χ0) is 13.1. The number of carbonyl (C=O) groups is 2. The van der Waals surface area contributed by atoms with Crippen molar-refractivity contribution < 1.29 is 14.7 Å². The van der Waals surface area contributed by atoms with E-state index in [1.807, 2.05) is 0 Å². The van der Waals surface area contributed by atoms with Gasteiger partial charge in [0.1, 0.15) is 0 Å². The maximum atomic E-state index is 11.6. The predicted molar refractivity (Wildman–Crippen MR) is 58.3 cm³/mol. The Morgan fingerprint density at radius 2 is 2.33 bits per heavy atom. The maximum absolute atomic E-state index is 11.6. The topological polar surface area (TPSA) is 124 Å². The standard InChI is InChI=1S/C9H14N6O3/c1-5(8(16)17)6-3-15(4-6)9(18)10-2-7-11-13-14-12-7/h5-6H,2-4H2,1H3,(H,10,18)(H,16,17)(H,11,12,13,14). The van der Waals surface area contributed by atoms with Gasteiger partial charge in [0, 0.05) is 19.0 Å². The van der Waals surface area contributed by atoms with Gasteiger partial charge in [0.15, 0.2) is 5.82 Å². The average Bonchev–Trinajstić information content (AvgIpc) is 2.76. The molecule has 0 bridgehead atoms. The lowest BCUT2D eigenvalue weighted by Crippen LogP contribution is -2.56. The Bertz CT molecular complexity index is 428. The summed E-state index contributed by atoms with van der Waals surface area (Å²) in [5, 5.41) is 24.5. The number of aliphatic carboxylic acids is 1. The molecule has 0 aromatic carbocycles. The van der Waals surface area contributed by atoms with Gasteiger partial charge in [0.05, 0.1) is 12.5 Å². The summed E-state index contributed by atoms with van der Waals surface area (Å²) in [6.07, 6.45) is 0. The number of nitrogens with one attached hydrogen (secondary N) is 2. The molecule has 1 fully saturated rings. The maximum Gasteiger partial charge on any atom is 0.317 e. The molecule has 1 aliphatic rings. The van der Waals surface area contributed by atoms with Crippen LogP contribution in [-0.4, -0.2) is 55.7 Å². The van der Waals surface area contributed by atoms with Crippen LogP contribution in [0, 0.1) is 11.8 Å². The number of amides is 2. The van der Waals surface area contributed by atoms with E-state index in [1.54, 1.807) is 11.8 Å². The number of urea groups is 1. The SMILES string of the molecule is CC(C(=O)O)C1CN(C(=O)NCc2nn[nH]n2)C1. The van der Waals surface area contributed by atoms with Crippen molar-refractivity contribution in [2.24, 2.45) is 11.8 Å². The number of hydrogen-bond acceptors (Lipinski definition) is 5. The lowest BCUT2D eigenvalue weighted by Gasteiger charge is -2.40. The molecule has 1 aliphatic heterocycles. The zero-order valence-corrected chi connectivity index (χ0v) is 9.83. The second kappa shape index (κ2) is 4.98. The van der Waals surface area contributed by atoms with Crippen molar-refractivity contribution in [3.05, 3.63) is 5.82 Å². The molecule has 9 nitrogen and oxygen atoms in total. The van der Waals surface area contributed by atoms with Crippen LogP contribution in [-0.2, 0) is 11.3 Å². The minimum Gasteiger partial charge on any atom is -0.481 e. The molecule has 0 radical (unpaired) electrons. The van der Waals surface area contributed by atoms with Crippen molar-refractivity contribution in [1.29, 1.82) is 0 Å². The molecule has 0 spiro atoms. The van der Waals surface area contributed by atoms with E-state index in [4.69, 9.17) is 5.11 Å². The number of carboxylic acid groups (broad SMARTS) is 1. The molecule has 1 aromatic heterocycles. The zero-order valence-electron chi connectivity index (χ0n) is 9.83. The number of rotatable bonds is 4. The van der Waals surface area contributed by atoms with Crippen LogP contribution in [0.2, 0.25) is 0 Å². The summed E-state index contributed by atoms with van der Waals surface area (Å²) < 4.78 is 0. The summed E-state index contributed by atoms with van der Waals surface area (Å²) in [6.45, 7) is 2.78. The van der Waals surface area contributed by atoms with Crippen LogP contribution in [0.1, 0.15) is 12.7 Å². The second-order valence-corrected chi connectivity index (χ2v) is 4.28. The largest absolute Gasteiger partial charge is 0.481 e. The molecule has 18 heavy (non-hydrogen) atoms. The van der Waals surface area contributed by atoms with Crippen molar-refractivity contribution >= 4 is 12.0 Å². The van der Waals surface area contributed by atoms with Gasteiger partial charge in [-0.1, -0.05) is 12.1 Å². The monoisotopic (exact) mass is 254 g/mol. The van der Waals surface area contributed by atoms with Gasteiger partial charge >= 0.3 is 12.0 Å². The quantitative estimate of drug-likeness (QED) is 0.637. The van der Waals surface area contributed by atoms with Gasteiger partial charge in [-0.25, -0.2) is 4.79 Å². The van der Waals surface area contributed by atoms with Gasteiger partial charge in [0.2, 0.25) is 0 Å². The number of likely N-dealkylation sites (tertiary alicyclic amines) is 1. The lowest BCUT2D eigenvalue weighted by molar-refractivity contribution is -0.144. The Morgan fingerprint density at radius 1 is 1.61 bits per heavy atom. The van der Waals surface area contributed by atoms with Gasteiger partial charge in [0.25, 0.3) is 0 Å². The number of carbonyl (C=O) groups excluding carboxylic acids is 1. The highest BCUT2D eigenvalue weighted by Gasteiger charge is 2.37. The molecule has 1 aromatic rings. The molecular formula is C9H14N6O3. The van der Waals surface area contributed by atoms with Crippen LogP contribution in [0.25, 0.3) is 0 Å². The van der Waals surface area contributed by atoms with Gasteiger partial charge in [-0.3, -0.25) is 4.79 Å². The molecule has 98 valence electrons. The first-order chi connectivity index (χ1) is 8.58. The Kier molecular flexibility index (Phi) is 3.40. The summed E-state index contributed by atoms with van der Waals surface area (Å²) in [5.74, 6) is -0.823. The van der Waals surface area contributed by atoms with E-state index in [-0.39, 0.29) is 18.5 Å². The van der Waals surface area contributed by atoms with Crippen LogP contribution in [0.4, 0.5) is 4.79 Å². The number of aromatic nitrogens is 4. The van der Waals surface area contributed by atoms with Crippen LogP contribution in [0.15, 0.2) is 0 Å². The minimum atomic E-state index is -0.827. The highest BCUT2D eigenvalue weighted by atomic mass is 16.4. The Morgan fingerprint density at radius 3 is 2.89 bits per heavy atom. The van der Waals surface area contributed by atoms with Crippen LogP contribution in [0.5, 0.6) is 0 Å². The van der Waals surface area contributed by atoms with E-state index in [9.17, 15) is 9.59 Å². The predicted octanol–water partition coefficient (Wildman–Crippen LogP) is -0.938. The van der Waals surface area contributed by atoms with E-state index in [1.165, 1.54) is 0 Å². The fourth-order valence-electron chi connectivity index (χ4n) is 1.72. The molecule has 2 amide bonds. The number of hydrogen-bond donors (Lipinski definition) is 3. The molecule has 1 unspecified atom stereocenters. The van der Waals surface area contributed by atoms with Gasteiger partial charge in [-0.05, 0) is 0 Å². The molecule has 0 saturated carbocycles. The number of tetrazole rings is 1. The highest BCUT2D eigenvalue weighted by molar-refractivity contribution is 5.76. The Labute approximate surface area is 103 Å². The summed E-state index contributed by atoms with van der Waals surface area (Å²) >= 11 is 0. The Balaban J connectivity index is 1.71. The van der Waals surface area contributed by atoms with Crippen molar-refractivity contribution in [3.63, 3.8) is 0 Å². The molecule has 2 heterocycles. The van der Waals surface area contributed by atoms with Crippen LogP contribution >= 0.6 is 0 Å². The first-order valence-corrected chi connectivity index (χ1v) is 5.56. The molecule has 1 atom stereocenters. The summed E-state index contributed by atoms with van der Waals surface area (Å²) in [4.78, 5) is 23.9. The second-order valence-electron chi connectivity index (χ2n) is 4.28. The number of carboxylic acids is 1. The van der Waals surface area contributed by atoms with Crippen molar-refractivity contribution in [2.45, 2.75) is 13.5 Å². The molecule has 3 N–H and O–H groups in total. The average molecular weight is 254 g/mol. The van der Waals surface area contributed by atoms with Crippen LogP contribution in [0.3, 0.4) is 0 Å². The van der Waals surface area contributed by atoms with Crippen molar-refractivity contribution in [2.75, 3.05) is 13.1 Å². The number of nitrogens with zero attached hydrogens (tertiary/aromatic N) is 4. The summed E-state index contributed by atoms with van der Waals surface area (Å²) in [5.41, 5.74) is 0. The van der Waals surface area contributed by atoms with E-state index >= 15 is 0 Å². The van der Waals surface area contributed by atoms with E-state index in [2.05, 4.69) is 25.9 Å². The minimum absolute atomic E-state index is 0.0263. The third-order valence-electron chi connectivity index (χ3n) is 3.08. The Hall–Kier alpha value is -2.19. The third kappa shape index (κ3) is 2.55. The van der Waals surface area contributed by atoms with Gasteiger partial charge < -0.3 is 15.3 Å². The molecule has 9 heteroatoms. The lowest BCUT2D eigenvalue weighted by atomic mass is 9.87.